The molecule has 2 amide bonds. The fraction of sp³-hybridized carbons (Fsp3) is 0.481. The highest BCUT2D eigenvalue weighted by molar-refractivity contribution is 6.71. The molecule has 37 heavy (non-hydrogen) atoms. The predicted molar refractivity (Wildman–Crippen MR) is 140 cm³/mol. The zero-order chi connectivity index (χ0) is 26.5. The van der Waals surface area contributed by atoms with Crippen LogP contribution in [0.1, 0.15) is 24.5 Å². The zero-order valence-electron chi connectivity index (χ0n) is 21.6. The quantitative estimate of drug-likeness (QED) is 0.533. The summed E-state index contributed by atoms with van der Waals surface area (Å²) < 4.78 is 17.1. The number of methoxy groups -OCH3 is 1. The molecule has 3 aliphatic rings. The number of aliphatic hydroxyl groups is 1. The Morgan fingerprint density at radius 2 is 1.89 bits per heavy atom. The van der Waals surface area contributed by atoms with Gasteiger partial charge in [0.25, 0.3) is 5.91 Å². The van der Waals surface area contributed by atoms with E-state index in [4.69, 9.17) is 14.2 Å². The zero-order valence-corrected chi connectivity index (χ0v) is 22.6. The molecule has 4 atom stereocenters. The van der Waals surface area contributed by atoms with Gasteiger partial charge in [0, 0.05) is 29.3 Å². The van der Waals surface area contributed by atoms with E-state index in [2.05, 4.69) is 0 Å². The second-order valence-electron chi connectivity index (χ2n) is 10.6. The van der Waals surface area contributed by atoms with Crippen molar-refractivity contribution in [1.29, 1.82) is 0 Å². The Hall–Kier alpha value is -2.92. The van der Waals surface area contributed by atoms with Crippen molar-refractivity contribution in [3.8, 4) is 5.75 Å². The summed E-state index contributed by atoms with van der Waals surface area (Å²) in [6, 6.07) is 13.1. The van der Waals surface area contributed by atoms with E-state index in [9.17, 15) is 19.5 Å². The largest absolute Gasteiger partial charge is 0.497 e. The number of hydrogen-bond donors (Lipinski definition) is 2. The summed E-state index contributed by atoms with van der Waals surface area (Å²) in [5.74, 6) is 0.134. The van der Waals surface area contributed by atoms with Crippen molar-refractivity contribution in [2.45, 2.75) is 50.2 Å². The van der Waals surface area contributed by atoms with Crippen molar-refractivity contribution in [3.63, 3.8) is 0 Å². The maximum absolute atomic E-state index is 14.3. The highest BCUT2D eigenvalue weighted by Gasteiger charge is 2.66. The minimum absolute atomic E-state index is 0.0891. The third-order valence-corrected chi connectivity index (χ3v) is 10.5. The molecule has 0 aromatic heterocycles. The Morgan fingerprint density at radius 3 is 2.49 bits per heavy atom. The number of cyclic esters (lactones) is 1. The lowest BCUT2D eigenvalue weighted by Crippen LogP contribution is -2.46. The monoisotopic (exact) mass is 526 g/mol. The lowest BCUT2D eigenvalue weighted by atomic mass is 9.82. The van der Waals surface area contributed by atoms with Crippen LogP contribution in [-0.4, -0.2) is 63.2 Å². The van der Waals surface area contributed by atoms with Gasteiger partial charge in [0.15, 0.2) is 13.9 Å². The number of benzene rings is 2. The summed E-state index contributed by atoms with van der Waals surface area (Å²) in [5.41, 5.74) is 1.60. The van der Waals surface area contributed by atoms with E-state index in [-0.39, 0.29) is 30.1 Å². The van der Waals surface area contributed by atoms with E-state index < -0.39 is 20.0 Å². The SMILES string of the molecule is COc1ccc2c(c1)[C@]1(O[C@@H](CCO)[C@H]([Si](C)(C)O)[C@H]1C)C(=O)N2Cc1ccc(N2CCOC2=O)cc1. The molecule has 0 saturated carbocycles. The van der Waals surface area contributed by atoms with Gasteiger partial charge in [-0.3, -0.25) is 9.69 Å². The fourth-order valence-corrected chi connectivity index (χ4v) is 8.93. The second-order valence-corrected chi connectivity index (χ2v) is 14.6. The van der Waals surface area contributed by atoms with Crippen LogP contribution in [0.15, 0.2) is 42.5 Å². The van der Waals surface area contributed by atoms with Gasteiger partial charge in [-0.2, -0.15) is 0 Å². The molecule has 2 N–H and O–H groups in total. The Labute approximate surface area is 217 Å². The van der Waals surface area contributed by atoms with Crippen molar-refractivity contribution in [2.75, 3.05) is 36.7 Å². The molecular formula is C27H34N2O7Si. The van der Waals surface area contributed by atoms with Crippen LogP contribution in [0.25, 0.3) is 0 Å². The van der Waals surface area contributed by atoms with Crippen LogP contribution in [-0.2, 0) is 26.4 Å². The Kier molecular flexibility index (Phi) is 6.55. The molecule has 9 nitrogen and oxygen atoms in total. The minimum atomic E-state index is -2.76. The topological polar surface area (TPSA) is 109 Å². The summed E-state index contributed by atoms with van der Waals surface area (Å²) >= 11 is 0. The van der Waals surface area contributed by atoms with Gasteiger partial charge in [0.05, 0.1) is 32.0 Å². The van der Waals surface area contributed by atoms with Gasteiger partial charge in [-0.15, -0.1) is 0 Å². The summed E-state index contributed by atoms with van der Waals surface area (Å²) in [4.78, 5) is 40.7. The highest BCUT2D eigenvalue weighted by atomic mass is 28.4. The average molecular weight is 527 g/mol. The van der Waals surface area contributed by atoms with Crippen molar-refractivity contribution >= 4 is 31.7 Å². The number of rotatable bonds is 7. The second kappa shape index (κ2) is 9.43. The molecule has 1 spiro atoms. The predicted octanol–water partition coefficient (Wildman–Crippen LogP) is 3.38. The first-order valence-electron chi connectivity index (χ1n) is 12.7. The summed E-state index contributed by atoms with van der Waals surface area (Å²) in [5, 5.41) is 9.74. The number of hydrogen-bond acceptors (Lipinski definition) is 7. The van der Waals surface area contributed by atoms with Crippen molar-refractivity contribution in [3.05, 3.63) is 53.6 Å². The smallest absolute Gasteiger partial charge is 0.414 e. The maximum atomic E-state index is 14.3. The first-order chi connectivity index (χ1) is 17.6. The van der Waals surface area contributed by atoms with E-state index in [0.717, 1.165) is 22.5 Å². The van der Waals surface area contributed by atoms with Crippen molar-refractivity contribution in [2.24, 2.45) is 5.92 Å². The highest BCUT2D eigenvalue weighted by Crippen LogP contribution is 2.60. The molecule has 3 heterocycles. The lowest BCUT2D eigenvalue weighted by molar-refractivity contribution is -0.146. The molecule has 3 aliphatic heterocycles. The van der Waals surface area contributed by atoms with E-state index in [1.165, 1.54) is 0 Å². The van der Waals surface area contributed by atoms with Crippen LogP contribution in [0.4, 0.5) is 16.2 Å². The number of aliphatic hydroxyl groups excluding tert-OH is 1. The number of fused-ring (bicyclic) bond motifs is 2. The van der Waals surface area contributed by atoms with Crippen molar-refractivity contribution in [1.82, 2.24) is 0 Å². The van der Waals surface area contributed by atoms with Gasteiger partial charge < -0.3 is 29.0 Å². The van der Waals surface area contributed by atoms with Crippen LogP contribution in [0.5, 0.6) is 5.75 Å². The normalized spacial score (nSPS) is 27.2. The number of carbonyl (C=O) groups excluding carboxylic acids is 2. The van der Waals surface area contributed by atoms with Gasteiger partial charge in [-0.05, 0) is 55.4 Å². The maximum Gasteiger partial charge on any atom is 0.414 e. The Morgan fingerprint density at radius 1 is 1.16 bits per heavy atom. The molecule has 2 saturated heterocycles. The minimum Gasteiger partial charge on any atom is -0.497 e. The molecule has 2 aromatic carbocycles. The lowest BCUT2D eigenvalue weighted by Gasteiger charge is -2.32. The summed E-state index contributed by atoms with van der Waals surface area (Å²) in [7, 11) is -1.17. The summed E-state index contributed by atoms with van der Waals surface area (Å²) in [6.07, 6.45) is -0.447. The Balaban J connectivity index is 1.52. The molecule has 0 radical (unpaired) electrons. The van der Waals surface area contributed by atoms with Gasteiger partial charge in [0.1, 0.15) is 12.4 Å². The molecule has 0 unspecified atom stereocenters. The van der Waals surface area contributed by atoms with Crippen LogP contribution in [0, 0.1) is 5.92 Å². The fourth-order valence-electron chi connectivity index (χ4n) is 6.33. The van der Waals surface area contributed by atoms with E-state index in [0.29, 0.717) is 31.9 Å². The van der Waals surface area contributed by atoms with Gasteiger partial charge in [-0.1, -0.05) is 19.1 Å². The molecule has 0 aliphatic carbocycles. The molecule has 2 aromatic rings. The molecule has 5 rings (SSSR count). The van der Waals surface area contributed by atoms with E-state index in [1.54, 1.807) is 16.9 Å². The van der Waals surface area contributed by atoms with Gasteiger partial charge >= 0.3 is 6.09 Å². The number of anilines is 2. The molecule has 10 heteroatoms. The number of nitrogens with zero attached hydrogens (tertiary/aromatic N) is 2. The third kappa shape index (κ3) is 4.12. The third-order valence-electron chi connectivity index (χ3n) is 7.95. The van der Waals surface area contributed by atoms with Gasteiger partial charge in [-0.25, -0.2) is 4.79 Å². The standard InChI is InChI=1S/C27H34N2O7Si/c1-17-24(37(3,4)33)23(11-13-30)36-27(17)21-15-20(34-2)9-10-22(21)29(25(27)31)16-18-5-7-19(8-6-18)28-12-14-35-26(28)32/h5-10,15,17,23-24,30,33H,11-14,16H2,1-4H3/t17-,23+,24-,27+/m1/s1. The Bertz CT molecular complexity index is 1200. The van der Waals surface area contributed by atoms with Crippen LogP contribution in [0.3, 0.4) is 0 Å². The average Bonchev–Trinajstić information content (AvgIpc) is 3.49. The number of amides is 2. The number of ether oxygens (including phenoxy) is 3. The number of carbonyl (C=O) groups is 2. The first kappa shape index (κ1) is 25.7. The van der Waals surface area contributed by atoms with E-state index >= 15 is 0 Å². The molecule has 198 valence electrons. The molecule has 0 bridgehead atoms. The van der Waals surface area contributed by atoms with E-state index in [1.807, 2.05) is 62.5 Å². The first-order valence-corrected chi connectivity index (χ1v) is 15.7. The van der Waals surface area contributed by atoms with Crippen LogP contribution in [0.2, 0.25) is 18.6 Å². The van der Waals surface area contributed by atoms with Gasteiger partial charge in [0.2, 0.25) is 0 Å². The van der Waals surface area contributed by atoms with Crippen LogP contribution >= 0.6 is 0 Å². The molecule has 2 fully saturated rings. The van der Waals surface area contributed by atoms with Crippen LogP contribution < -0.4 is 14.5 Å². The summed E-state index contributed by atoms with van der Waals surface area (Å²) in [6.45, 7) is 6.81. The molecular weight excluding hydrogens is 492 g/mol. The van der Waals surface area contributed by atoms with Crippen molar-refractivity contribution < 1.29 is 33.7 Å².